The number of carbonyl (C=O) groups excluding carboxylic acids is 2. The smallest absolute Gasteiger partial charge is 0.264 e. The lowest BCUT2D eigenvalue weighted by atomic mass is 9.89. The van der Waals surface area contributed by atoms with E-state index < -0.39 is 21.8 Å². The minimum atomic E-state index is -4.02. The molecule has 0 radical (unpaired) electrons. The van der Waals surface area contributed by atoms with E-state index in [1.807, 2.05) is 0 Å². The highest BCUT2D eigenvalue weighted by atomic mass is 32.2. The van der Waals surface area contributed by atoms with Crippen molar-refractivity contribution in [1.29, 1.82) is 0 Å². The third-order valence-electron chi connectivity index (χ3n) is 4.87. The van der Waals surface area contributed by atoms with Crippen LogP contribution in [0.3, 0.4) is 0 Å². The molecule has 1 aromatic carbocycles. The summed E-state index contributed by atoms with van der Waals surface area (Å²) in [5.74, 6) is -1.15. The predicted octanol–water partition coefficient (Wildman–Crippen LogP) is 1.88. The van der Waals surface area contributed by atoms with E-state index in [1.54, 1.807) is 19.9 Å². The highest BCUT2D eigenvalue weighted by molar-refractivity contribution is 7.90. The number of fused-ring (bicyclic) bond motifs is 2. The molecule has 2 bridgehead atoms. The van der Waals surface area contributed by atoms with Crippen LogP contribution in [0.5, 0.6) is 0 Å². The van der Waals surface area contributed by atoms with Crippen molar-refractivity contribution in [3.05, 3.63) is 28.8 Å². The number of rotatable bonds is 4. The van der Waals surface area contributed by atoms with Crippen LogP contribution < -0.4 is 4.72 Å². The Morgan fingerprint density at radius 1 is 1.17 bits per heavy atom. The summed E-state index contributed by atoms with van der Waals surface area (Å²) in [4.78, 5) is 24.0. The van der Waals surface area contributed by atoms with E-state index in [1.165, 1.54) is 13.0 Å². The minimum Gasteiger partial charge on any atom is -0.374 e. The molecule has 1 amide bonds. The Balaban J connectivity index is 1.87. The average Bonchev–Trinajstić information content (AvgIpc) is 3.08. The van der Waals surface area contributed by atoms with Crippen molar-refractivity contribution in [2.24, 2.45) is 5.92 Å². The maximum atomic E-state index is 12.6. The molecule has 2 fully saturated rings. The van der Waals surface area contributed by atoms with Gasteiger partial charge in [-0.05, 0) is 57.2 Å². The van der Waals surface area contributed by atoms with Gasteiger partial charge in [-0.1, -0.05) is 6.07 Å². The summed E-state index contributed by atoms with van der Waals surface area (Å²) in [7, 11) is -4.02. The second-order valence-corrected chi connectivity index (χ2v) is 8.33. The first kappa shape index (κ1) is 17.1. The van der Waals surface area contributed by atoms with Crippen molar-refractivity contribution in [3.8, 4) is 0 Å². The monoisotopic (exact) mass is 351 g/mol. The van der Waals surface area contributed by atoms with Crippen molar-refractivity contribution in [2.45, 2.75) is 57.1 Å². The molecule has 2 saturated heterocycles. The maximum Gasteiger partial charge on any atom is 0.264 e. The first-order valence-corrected chi connectivity index (χ1v) is 9.51. The number of sulfonamides is 1. The first-order valence-electron chi connectivity index (χ1n) is 8.03. The van der Waals surface area contributed by atoms with Gasteiger partial charge >= 0.3 is 0 Å². The third kappa shape index (κ3) is 2.98. The molecule has 1 aromatic rings. The lowest BCUT2D eigenvalue weighted by Gasteiger charge is -2.19. The Morgan fingerprint density at radius 2 is 1.88 bits per heavy atom. The molecule has 2 heterocycles. The number of Topliss-reactive ketones (excluding diaryl/α,β-unsaturated/α-hetero) is 1. The normalized spacial score (nSPS) is 25.7. The van der Waals surface area contributed by atoms with Gasteiger partial charge < -0.3 is 4.74 Å². The Morgan fingerprint density at radius 3 is 2.42 bits per heavy atom. The van der Waals surface area contributed by atoms with Gasteiger partial charge in [-0.25, -0.2) is 13.1 Å². The van der Waals surface area contributed by atoms with Gasteiger partial charge in [-0.3, -0.25) is 9.59 Å². The van der Waals surface area contributed by atoms with E-state index in [9.17, 15) is 18.0 Å². The van der Waals surface area contributed by atoms with E-state index in [0.29, 0.717) is 23.1 Å². The van der Waals surface area contributed by atoms with Crippen LogP contribution in [0.2, 0.25) is 0 Å². The molecule has 0 aliphatic carbocycles. The van der Waals surface area contributed by atoms with Gasteiger partial charge in [-0.2, -0.15) is 0 Å². The van der Waals surface area contributed by atoms with Crippen molar-refractivity contribution < 1.29 is 22.7 Å². The van der Waals surface area contributed by atoms with Crippen LogP contribution in [0.4, 0.5) is 0 Å². The van der Waals surface area contributed by atoms with Crippen LogP contribution >= 0.6 is 0 Å². The summed E-state index contributed by atoms with van der Waals surface area (Å²) in [5.41, 5.74) is 1.56. The van der Waals surface area contributed by atoms with Gasteiger partial charge in [-0.15, -0.1) is 0 Å². The second kappa shape index (κ2) is 5.97. The molecule has 2 aliphatic heterocycles. The van der Waals surface area contributed by atoms with E-state index in [-0.39, 0.29) is 22.9 Å². The van der Waals surface area contributed by atoms with Crippen LogP contribution in [-0.4, -0.2) is 32.3 Å². The lowest BCUT2D eigenvalue weighted by Crippen LogP contribution is -2.39. The number of ketones is 1. The number of carbonyl (C=O) groups is 2. The Bertz CT molecular complexity index is 815. The number of amides is 1. The van der Waals surface area contributed by atoms with Gasteiger partial charge in [0.15, 0.2) is 5.78 Å². The fourth-order valence-corrected chi connectivity index (χ4v) is 4.96. The number of nitrogens with one attached hydrogen (secondary N) is 1. The highest BCUT2D eigenvalue weighted by Gasteiger charge is 2.45. The van der Waals surface area contributed by atoms with Gasteiger partial charge in [0.05, 0.1) is 23.0 Å². The predicted molar refractivity (Wildman–Crippen MR) is 87.3 cm³/mol. The standard InChI is InChI=1S/C17H21NO5S/c1-9-6-10(2)16(8-13(9)11(3)19)24(21,22)18-17(20)14-7-12-4-5-15(14)23-12/h6,8,12,14-15H,4-5,7H2,1-3H3,(H,18,20)/t12-,14-,15+/m1/s1. The molecule has 2 aliphatic rings. The van der Waals surface area contributed by atoms with Gasteiger partial charge in [0.2, 0.25) is 5.91 Å². The van der Waals surface area contributed by atoms with Crippen LogP contribution in [0.1, 0.15) is 47.7 Å². The summed E-state index contributed by atoms with van der Waals surface area (Å²) < 4.78 is 33.0. The van der Waals surface area contributed by atoms with E-state index in [0.717, 1.165) is 12.8 Å². The van der Waals surface area contributed by atoms with Gasteiger partial charge in [0.1, 0.15) is 0 Å². The molecule has 0 saturated carbocycles. The zero-order valence-corrected chi connectivity index (χ0v) is 14.8. The van der Waals surface area contributed by atoms with Crippen LogP contribution in [-0.2, 0) is 19.6 Å². The van der Waals surface area contributed by atoms with Crippen LogP contribution in [0, 0.1) is 19.8 Å². The Kier molecular flexibility index (Phi) is 4.25. The van der Waals surface area contributed by atoms with E-state index in [4.69, 9.17) is 4.74 Å². The molecule has 130 valence electrons. The molecular formula is C17H21NO5S. The zero-order valence-electron chi connectivity index (χ0n) is 14.0. The molecule has 24 heavy (non-hydrogen) atoms. The van der Waals surface area contributed by atoms with E-state index in [2.05, 4.69) is 4.72 Å². The van der Waals surface area contributed by atoms with Gasteiger partial charge in [0.25, 0.3) is 10.0 Å². The van der Waals surface area contributed by atoms with Crippen molar-refractivity contribution >= 4 is 21.7 Å². The largest absolute Gasteiger partial charge is 0.374 e. The molecule has 7 heteroatoms. The van der Waals surface area contributed by atoms with Crippen molar-refractivity contribution in [2.75, 3.05) is 0 Å². The fraction of sp³-hybridized carbons (Fsp3) is 0.529. The maximum absolute atomic E-state index is 12.6. The van der Waals surface area contributed by atoms with Gasteiger partial charge in [0, 0.05) is 5.56 Å². The van der Waals surface area contributed by atoms with Crippen LogP contribution in [0.25, 0.3) is 0 Å². The van der Waals surface area contributed by atoms with E-state index >= 15 is 0 Å². The molecule has 1 N–H and O–H groups in total. The fourth-order valence-electron chi connectivity index (χ4n) is 3.68. The summed E-state index contributed by atoms with van der Waals surface area (Å²) >= 11 is 0. The average molecular weight is 351 g/mol. The lowest BCUT2D eigenvalue weighted by molar-refractivity contribution is -0.124. The quantitative estimate of drug-likeness (QED) is 0.837. The summed E-state index contributed by atoms with van der Waals surface area (Å²) in [5, 5.41) is 0. The molecule has 0 unspecified atom stereocenters. The topological polar surface area (TPSA) is 89.5 Å². The summed E-state index contributed by atoms with van der Waals surface area (Å²) in [6.07, 6.45) is 2.18. The molecular weight excluding hydrogens is 330 g/mol. The zero-order chi connectivity index (χ0) is 17.6. The molecule has 3 atom stereocenters. The van der Waals surface area contributed by atoms with Crippen molar-refractivity contribution in [1.82, 2.24) is 4.72 Å². The summed E-state index contributed by atoms with van der Waals surface area (Å²) in [6, 6.07) is 3.00. The minimum absolute atomic E-state index is 0.0317. The number of hydrogen-bond acceptors (Lipinski definition) is 5. The molecule has 3 rings (SSSR count). The number of benzene rings is 1. The summed E-state index contributed by atoms with van der Waals surface area (Å²) in [6.45, 7) is 4.79. The first-order chi connectivity index (χ1) is 11.2. The Hall–Kier alpha value is -1.73. The molecule has 0 aromatic heterocycles. The molecule has 6 nitrogen and oxygen atoms in total. The third-order valence-corrected chi connectivity index (χ3v) is 6.36. The SMILES string of the molecule is CC(=O)c1cc(S(=O)(=O)NC(=O)[C@@H]2C[C@H]3CC[C@@H]2O3)c(C)cc1C. The number of aryl methyl sites for hydroxylation is 2. The number of hydrogen-bond donors (Lipinski definition) is 1. The second-order valence-electron chi connectivity index (χ2n) is 6.67. The van der Waals surface area contributed by atoms with Crippen LogP contribution in [0.15, 0.2) is 17.0 Å². The molecule has 0 spiro atoms. The number of ether oxygens (including phenoxy) is 1. The highest BCUT2D eigenvalue weighted by Crippen LogP contribution is 2.39. The van der Waals surface area contributed by atoms with Crippen molar-refractivity contribution in [3.63, 3.8) is 0 Å². The Labute approximate surface area is 141 Å².